The van der Waals surface area contributed by atoms with E-state index in [1.165, 1.54) is 0 Å². The van der Waals surface area contributed by atoms with Gasteiger partial charge < -0.3 is 10.5 Å². The van der Waals surface area contributed by atoms with E-state index in [9.17, 15) is 0 Å². The quantitative estimate of drug-likeness (QED) is 0.702. The number of fused-ring (bicyclic) bond motifs is 1. The van der Waals surface area contributed by atoms with Gasteiger partial charge >= 0.3 is 0 Å². The molecule has 4 heteroatoms. The lowest BCUT2D eigenvalue weighted by atomic mass is 10.1. The van der Waals surface area contributed by atoms with Crippen LogP contribution in [0.25, 0.3) is 0 Å². The molecule has 0 fully saturated rings. The van der Waals surface area contributed by atoms with Crippen molar-refractivity contribution in [3.63, 3.8) is 0 Å². The topological polar surface area (TPSA) is 59.0 Å². The van der Waals surface area contributed by atoms with E-state index in [0.29, 0.717) is 23.6 Å². The third-order valence-electron chi connectivity index (χ3n) is 2.07. The molecule has 1 aliphatic heterocycles. The van der Waals surface area contributed by atoms with Crippen LogP contribution < -0.4 is 10.5 Å². The van der Waals surface area contributed by atoms with Crippen molar-refractivity contribution in [2.24, 2.45) is 0 Å². The first-order chi connectivity index (χ1) is 6.24. The van der Waals surface area contributed by atoms with Crippen LogP contribution in [0, 0.1) is 11.3 Å². The summed E-state index contributed by atoms with van der Waals surface area (Å²) in [5, 5.41) is 8.85. The largest absolute Gasteiger partial charge is 0.491 e. The Labute approximate surface area is 84.2 Å². The number of rotatable bonds is 0. The van der Waals surface area contributed by atoms with Crippen molar-refractivity contribution in [3.8, 4) is 11.8 Å². The molecule has 66 valence electrons. The van der Waals surface area contributed by atoms with Gasteiger partial charge in [0.05, 0.1) is 12.3 Å². The molecule has 0 bridgehead atoms. The van der Waals surface area contributed by atoms with Crippen LogP contribution >= 0.6 is 15.9 Å². The molecular formula is C9H7BrN2O. The molecule has 0 saturated heterocycles. The fourth-order valence-corrected chi connectivity index (χ4v) is 2.07. The molecule has 1 aromatic carbocycles. The minimum absolute atomic E-state index is 0.454. The number of ether oxygens (including phenoxy) is 1. The van der Waals surface area contributed by atoms with Crippen LogP contribution in [-0.2, 0) is 6.42 Å². The zero-order valence-corrected chi connectivity index (χ0v) is 8.39. The second-order valence-electron chi connectivity index (χ2n) is 2.84. The summed E-state index contributed by atoms with van der Waals surface area (Å²) in [6.07, 6.45) is 0.838. The summed E-state index contributed by atoms with van der Waals surface area (Å²) in [6.45, 7) is 0.631. The summed E-state index contributed by atoms with van der Waals surface area (Å²) in [4.78, 5) is 0. The van der Waals surface area contributed by atoms with Crippen molar-refractivity contribution in [3.05, 3.63) is 21.7 Å². The molecule has 0 spiro atoms. The maximum atomic E-state index is 8.85. The summed E-state index contributed by atoms with van der Waals surface area (Å²) in [5.74, 6) is 0.648. The minimum atomic E-state index is 0.454. The average Bonchev–Trinajstić information content (AvgIpc) is 2.53. The lowest BCUT2D eigenvalue weighted by Crippen LogP contribution is -1.94. The third-order valence-corrected chi connectivity index (χ3v) is 2.78. The maximum Gasteiger partial charge on any atom is 0.143 e. The highest BCUT2D eigenvalue weighted by molar-refractivity contribution is 9.10. The van der Waals surface area contributed by atoms with E-state index in [1.807, 2.05) is 0 Å². The van der Waals surface area contributed by atoms with Crippen LogP contribution in [-0.4, -0.2) is 6.61 Å². The van der Waals surface area contributed by atoms with E-state index in [2.05, 4.69) is 22.0 Å². The highest BCUT2D eigenvalue weighted by Crippen LogP contribution is 2.38. The van der Waals surface area contributed by atoms with Crippen molar-refractivity contribution in [2.45, 2.75) is 6.42 Å². The Morgan fingerprint density at radius 1 is 1.62 bits per heavy atom. The first-order valence-electron chi connectivity index (χ1n) is 3.87. The number of nitrogens with two attached hydrogens (primary N) is 1. The Hall–Kier alpha value is -1.21. The number of hydrogen-bond acceptors (Lipinski definition) is 3. The highest BCUT2D eigenvalue weighted by Gasteiger charge is 2.21. The van der Waals surface area contributed by atoms with Crippen LogP contribution in [0.4, 0.5) is 5.69 Å². The lowest BCUT2D eigenvalue weighted by molar-refractivity contribution is 0.356. The normalized spacial score (nSPS) is 13.2. The number of benzene rings is 1. The SMILES string of the molecule is N#Cc1c(N)cc(Br)c2c1OCC2. The van der Waals surface area contributed by atoms with E-state index >= 15 is 0 Å². The predicted molar refractivity (Wildman–Crippen MR) is 52.5 cm³/mol. The van der Waals surface area contributed by atoms with Crippen molar-refractivity contribution >= 4 is 21.6 Å². The monoisotopic (exact) mass is 238 g/mol. The molecule has 2 rings (SSSR count). The summed E-state index contributed by atoms with van der Waals surface area (Å²) >= 11 is 3.39. The fraction of sp³-hybridized carbons (Fsp3) is 0.222. The molecule has 0 atom stereocenters. The van der Waals surface area contributed by atoms with Gasteiger partial charge in [-0.05, 0) is 6.07 Å². The second kappa shape index (κ2) is 2.93. The van der Waals surface area contributed by atoms with E-state index < -0.39 is 0 Å². The standard InChI is InChI=1S/C9H7BrN2O/c10-7-3-8(12)6(4-11)9-5(7)1-2-13-9/h3H,1-2,12H2. The number of halogens is 1. The van der Waals surface area contributed by atoms with Crippen LogP contribution in [0.2, 0.25) is 0 Å². The predicted octanol–water partition coefficient (Wildman–Crippen LogP) is 1.84. The summed E-state index contributed by atoms with van der Waals surface area (Å²) in [6, 6.07) is 3.81. The first kappa shape index (κ1) is 8.39. The molecule has 0 aliphatic carbocycles. The van der Waals surface area contributed by atoms with E-state index in [-0.39, 0.29) is 0 Å². The van der Waals surface area contributed by atoms with Crippen LogP contribution in [0.3, 0.4) is 0 Å². The van der Waals surface area contributed by atoms with E-state index in [4.69, 9.17) is 15.7 Å². The summed E-state index contributed by atoms with van der Waals surface area (Å²) in [7, 11) is 0. The molecule has 1 heterocycles. The summed E-state index contributed by atoms with van der Waals surface area (Å²) in [5.41, 5.74) is 7.64. The zero-order valence-electron chi connectivity index (χ0n) is 6.80. The van der Waals surface area contributed by atoms with E-state index in [0.717, 1.165) is 16.5 Å². The van der Waals surface area contributed by atoms with Crippen molar-refractivity contribution in [2.75, 3.05) is 12.3 Å². The Kier molecular flexibility index (Phi) is 1.89. The van der Waals surface area contributed by atoms with Crippen LogP contribution in [0.1, 0.15) is 11.1 Å². The van der Waals surface area contributed by atoms with Gasteiger partial charge in [0.15, 0.2) is 0 Å². The number of nitrogen functional groups attached to an aromatic ring is 1. The number of anilines is 1. The molecule has 0 aromatic heterocycles. The molecule has 0 amide bonds. The molecule has 1 aromatic rings. The second-order valence-corrected chi connectivity index (χ2v) is 3.69. The molecule has 1 aliphatic rings. The van der Waals surface area contributed by atoms with Gasteiger partial charge in [-0.3, -0.25) is 0 Å². The number of hydrogen-bond donors (Lipinski definition) is 1. The van der Waals surface area contributed by atoms with Gasteiger partial charge in [-0.2, -0.15) is 5.26 Å². The molecule has 3 nitrogen and oxygen atoms in total. The Balaban J connectivity index is 2.74. The third kappa shape index (κ3) is 1.16. The van der Waals surface area contributed by atoms with Gasteiger partial charge in [0.25, 0.3) is 0 Å². The zero-order chi connectivity index (χ0) is 9.42. The summed E-state index contributed by atoms with van der Waals surface area (Å²) < 4.78 is 6.28. The minimum Gasteiger partial charge on any atom is -0.491 e. The molecule has 0 radical (unpaired) electrons. The molecule has 0 unspecified atom stereocenters. The highest BCUT2D eigenvalue weighted by atomic mass is 79.9. The van der Waals surface area contributed by atoms with Gasteiger partial charge in [-0.1, -0.05) is 15.9 Å². The average molecular weight is 239 g/mol. The van der Waals surface area contributed by atoms with Crippen LogP contribution in [0.5, 0.6) is 5.75 Å². The van der Waals surface area contributed by atoms with Crippen LogP contribution in [0.15, 0.2) is 10.5 Å². The van der Waals surface area contributed by atoms with E-state index in [1.54, 1.807) is 6.07 Å². The first-order valence-corrected chi connectivity index (χ1v) is 4.67. The molecular weight excluding hydrogens is 232 g/mol. The van der Waals surface area contributed by atoms with Gasteiger partial charge in [-0.25, -0.2) is 0 Å². The maximum absolute atomic E-state index is 8.85. The number of nitriles is 1. The molecule has 0 saturated carbocycles. The van der Waals surface area contributed by atoms with Gasteiger partial charge in [0.2, 0.25) is 0 Å². The van der Waals surface area contributed by atoms with Gasteiger partial charge in [0.1, 0.15) is 17.4 Å². The number of nitrogens with zero attached hydrogens (tertiary/aromatic N) is 1. The van der Waals surface area contributed by atoms with Crippen molar-refractivity contribution in [1.29, 1.82) is 5.26 Å². The Morgan fingerprint density at radius 2 is 2.38 bits per heavy atom. The Bertz CT molecular complexity index is 409. The smallest absolute Gasteiger partial charge is 0.143 e. The fourth-order valence-electron chi connectivity index (χ4n) is 1.45. The van der Waals surface area contributed by atoms with Gasteiger partial charge in [0, 0.05) is 16.5 Å². The molecule has 13 heavy (non-hydrogen) atoms. The van der Waals surface area contributed by atoms with Crippen molar-refractivity contribution in [1.82, 2.24) is 0 Å². The van der Waals surface area contributed by atoms with Gasteiger partial charge in [-0.15, -0.1) is 0 Å². The lowest BCUT2D eigenvalue weighted by Gasteiger charge is -2.05. The molecule has 2 N–H and O–H groups in total. The van der Waals surface area contributed by atoms with Crippen molar-refractivity contribution < 1.29 is 4.74 Å². The Morgan fingerprint density at radius 3 is 3.08 bits per heavy atom.